The zero-order valence-corrected chi connectivity index (χ0v) is 6.55. The number of nitrogens with zero attached hydrogens (tertiary/aromatic N) is 1. The molecule has 1 aromatic rings. The largest absolute Gasteiger partial charge is 0.375 e. The van der Waals surface area contributed by atoms with Crippen LogP contribution in [0.15, 0.2) is 6.07 Å². The molecule has 0 spiro atoms. The highest BCUT2D eigenvalue weighted by Crippen LogP contribution is 2.09. The van der Waals surface area contributed by atoms with Crippen molar-refractivity contribution < 1.29 is 0 Å². The van der Waals surface area contributed by atoms with Crippen LogP contribution in [0.3, 0.4) is 0 Å². The van der Waals surface area contributed by atoms with Gasteiger partial charge in [0.15, 0.2) is 5.13 Å². The minimum atomic E-state index is 0.542. The highest BCUT2D eigenvalue weighted by molar-refractivity contribution is 7.73. The first kappa shape index (κ1) is 6.64. The van der Waals surface area contributed by atoms with Gasteiger partial charge < -0.3 is 5.73 Å². The first-order chi connectivity index (χ1) is 4.18. The molecule has 1 rings (SSSR count). The average Bonchev–Trinajstić information content (AvgIpc) is 1.59. The number of aryl methyl sites for hydroxylation is 1. The number of anilines is 1. The number of aromatic nitrogens is 1. The molecule has 0 unspecified atom stereocenters. The fraction of sp³-hybridized carbons (Fsp3) is 0.200. The SMILES string of the molecule is Cc1cc(=S)sc(N)n1. The Morgan fingerprint density at radius 1 is 1.78 bits per heavy atom. The topological polar surface area (TPSA) is 38.9 Å². The summed E-state index contributed by atoms with van der Waals surface area (Å²) in [7, 11) is 0. The van der Waals surface area contributed by atoms with Crippen LogP contribution in [0.2, 0.25) is 0 Å². The van der Waals surface area contributed by atoms with Gasteiger partial charge in [0.2, 0.25) is 0 Å². The lowest BCUT2D eigenvalue weighted by Gasteiger charge is -1.90. The van der Waals surface area contributed by atoms with Crippen molar-refractivity contribution in [3.8, 4) is 0 Å². The third-order valence-electron chi connectivity index (χ3n) is 0.818. The summed E-state index contributed by atoms with van der Waals surface area (Å²) in [6, 6.07) is 1.83. The Morgan fingerprint density at radius 3 is 2.89 bits per heavy atom. The second kappa shape index (κ2) is 2.41. The van der Waals surface area contributed by atoms with Crippen molar-refractivity contribution >= 4 is 28.7 Å². The van der Waals surface area contributed by atoms with Gasteiger partial charge in [-0.3, -0.25) is 0 Å². The molecule has 2 N–H and O–H groups in total. The molecule has 0 aliphatic carbocycles. The first-order valence-corrected chi connectivity index (χ1v) is 3.65. The molecular weight excluding hydrogens is 152 g/mol. The Morgan fingerprint density at radius 2 is 2.44 bits per heavy atom. The number of hydrogen-bond donors (Lipinski definition) is 1. The molecule has 0 aromatic carbocycles. The Bertz CT molecular complexity index is 243. The Kier molecular flexibility index (Phi) is 1.78. The number of nitrogens with two attached hydrogens (primary N) is 1. The molecule has 4 heteroatoms. The highest BCUT2D eigenvalue weighted by atomic mass is 32.1. The standard InChI is InChI=1S/C5H6N2S2/c1-3-2-4(8)9-5(6)7-3/h2H,1H3,(H2,6,7). The molecule has 0 aliphatic rings. The van der Waals surface area contributed by atoms with Crippen molar-refractivity contribution in [2.75, 3.05) is 5.73 Å². The molecule has 1 heterocycles. The van der Waals surface area contributed by atoms with E-state index in [0.29, 0.717) is 5.13 Å². The second-order valence-corrected chi connectivity index (χ2v) is 3.42. The van der Waals surface area contributed by atoms with Crippen molar-refractivity contribution in [1.82, 2.24) is 4.98 Å². The van der Waals surface area contributed by atoms with Crippen LogP contribution in [0, 0.1) is 10.7 Å². The van der Waals surface area contributed by atoms with E-state index in [9.17, 15) is 0 Å². The predicted molar refractivity (Wildman–Crippen MR) is 42.1 cm³/mol. The third-order valence-corrected chi connectivity index (χ3v) is 1.81. The fourth-order valence-corrected chi connectivity index (χ4v) is 1.58. The van der Waals surface area contributed by atoms with Crippen molar-refractivity contribution in [3.05, 3.63) is 15.6 Å². The van der Waals surface area contributed by atoms with E-state index in [1.165, 1.54) is 11.3 Å². The molecule has 0 saturated carbocycles. The fourth-order valence-electron chi connectivity index (χ4n) is 0.532. The lowest BCUT2D eigenvalue weighted by molar-refractivity contribution is 1.24. The summed E-state index contributed by atoms with van der Waals surface area (Å²) >= 11 is 6.21. The molecule has 0 bridgehead atoms. The molecule has 0 fully saturated rings. The van der Waals surface area contributed by atoms with Gasteiger partial charge >= 0.3 is 0 Å². The van der Waals surface area contributed by atoms with Gasteiger partial charge in [0.25, 0.3) is 0 Å². The van der Waals surface area contributed by atoms with E-state index in [1.807, 2.05) is 13.0 Å². The maximum absolute atomic E-state index is 5.40. The quantitative estimate of drug-likeness (QED) is 0.585. The van der Waals surface area contributed by atoms with Crippen molar-refractivity contribution in [2.24, 2.45) is 0 Å². The van der Waals surface area contributed by atoms with Gasteiger partial charge in [0.05, 0.1) is 3.82 Å². The van der Waals surface area contributed by atoms with Crippen LogP contribution in [-0.4, -0.2) is 4.98 Å². The molecular formula is C5H6N2S2. The van der Waals surface area contributed by atoms with E-state index in [0.717, 1.165) is 9.52 Å². The van der Waals surface area contributed by atoms with Gasteiger partial charge in [-0.05, 0) is 13.0 Å². The average molecular weight is 158 g/mol. The summed E-state index contributed by atoms with van der Waals surface area (Å²) in [5.74, 6) is 0. The zero-order chi connectivity index (χ0) is 6.85. The van der Waals surface area contributed by atoms with E-state index in [2.05, 4.69) is 4.98 Å². The molecule has 1 aromatic heterocycles. The third kappa shape index (κ3) is 1.73. The van der Waals surface area contributed by atoms with Crippen LogP contribution in [0.1, 0.15) is 5.69 Å². The summed E-state index contributed by atoms with van der Waals surface area (Å²) in [6.07, 6.45) is 0. The molecule has 0 atom stereocenters. The maximum atomic E-state index is 5.40. The summed E-state index contributed by atoms with van der Waals surface area (Å²) in [5.41, 5.74) is 6.29. The Balaban J connectivity index is 3.33. The van der Waals surface area contributed by atoms with Gasteiger partial charge in [-0.25, -0.2) is 4.98 Å². The molecule has 0 radical (unpaired) electrons. The summed E-state index contributed by atoms with van der Waals surface area (Å²) in [4.78, 5) is 3.96. The van der Waals surface area contributed by atoms with Gasteiger partial charge in [-0.1, -0.05) is 23.6 Å². The molecule has 0 aliphatic heterocycles. The van der Waals surface area contributed by atoms with Crippen LogP contribution in [0.5, 0.6) is 0 Å². The smallest absolute Gasteiger partial charge is 0.181 e. The lowest BCUT2D eigenvalue weighted by Crippen LogP contribution is -1.87. The summed E-state index contributed by atoms with van der Waals surface area (Å²) < 4.78 is 0.792. The van der Waals surface area contributed by atoms with Crippen LogP contribution in [-0.2, 0) is 0 Å². The normalized spacial score (nSPS) is 9.44. The van der Waals surface area contributed by atoms with Gasteiger partial charge in [0, 0.05) is 5.69 Å². The minimum Gasteiger partial charge on any atom is -0.375 e. The van der Waals surface area contributed by atoms with Crippen LogP contribution < -0.4 is 5.73 Å². The summed E-state index contributed by atoms with van der Waals surface area (Å²) in [5, 5.41) is 0.542. The van der Waals surface area contributed by atoms with Gasteiger partial charge in [-0.15, -0.1) is 0 Å². The molecule has 9 heavy (non-hydrogen) atoms. The maximum Gasteiger partial charge on any atom is 0.181 e. The Hall–Kier alpha value is -0.480. The predicted octanol–water partition coefficient (Wildman–Crippen LogP) is 1.76. The monoisotopic (exact) mass is 158 g/mol. The van der Waals surface area contributed by atoms with Crippen LogP contribution in [0.4, 0.5) is 5.13 Å². The second-order valence-electron chi connectivity index (χ2n) is 1.66. The molecule has 0 amide bonds. The molecule has 0 saturated heterocycles. The molecule has 2 nitrogen and oxygen atoms in total. The van der Waals surface area contributed by atoms with Crippen molar-refractivity contribution in [1.29, 1.82) is 0 Å². The Labute approximate surface area is 62.4 Å². The minimum absolute atomic E-state index is 0.542. The van der Waals surface area contributed by atoms with E-state index < -0.39 is 0 Å². The van der Waals surface area contributed by atoms with Gasteiger partial charge in [-0.2, -0.15) is 0 Å². The lowest BCUT2D eigenvalue weighted by atomic mass is 10.5. The van der Waals surface area contributed by atoms with E-state index in [1.54, 1.807) is 0 Å². The summed E-state index contributed by atoms with van der Waals surface area (Å²) in [6.45, 7) is 1.87. The van der Waals surface area contributed by atoms with Crippen molar-refractivity contribution in [3.63, 3.8) is 0 Å². The van der Waals surface area contributed by atoms with Gasteiger partial charge in [0.1, 0.15) is 0 Å². The zero-order valence-electron chi connectivity index (χ0n) is 4.92. The highest BCUT2D eigenvalue weighted by Gasteiger charge is 1.88. The van der Waals surface area contributed by atoms with Crippen LogP contribution >= 0.6 is 23.6 Å². The van der Waals surface area contributed by atoms with Crippen LogP contribution in [0.25, 0.3) is 0 Å². The first-order valence-electron chi connectivity index (χ1n) is 2.43. The van der Waals surface area contributed by atoms with E-state index >= 15 is 0 Å². The molecule has 48 valence electrons. The number of nitrogen functional groups attached to an aromatic ring is 1. The van der Waals surface area contributed by atoms with E-state index in [4.69, 9.17) is 18.0 Å². The van der Waals surface area contributed by atoms with E-state index in [-0.39, 0.29) is 0 Å². The van der Waals surface area contributed by atoms with Crippen molar-refractivity contribution in [2.45, 2.75) is 6.92 Å². The number of hydrogen-bond acceptors (Lipinski definition) is 4. The number of rotatable bonds is 0.